The summed E-state index contributed by atoms with van der Waals surface area (Å²) >= 11 is 0. The number of nitrogens with zero attached hydrogens (tertiary/aromatic N) is 1. The summed E-state index contributed by atoms with van der Waals surface area (Å²) < 4.78 is 11.7. The quantitative estimate of drug-likeness (QED) is 0.482. The van der Waals surface area contributed by atoms with Crippen molar-refractivity contribution in [1.29, 1.82) is 0 Å². The van der Waals surface area contributed by atoms with E-state index >= 15 is 0 Å². The number of ether oxygens (including phenoxy) is 1. The van der Waals surface area contributed by atoms with Gasteiger partial charge in [0.1, 0.15) is 17.9 Å². The van der Waals surface area contributed by atoms with Gasteiger partial charge in [-0.15, -0.1) is 0 Å². The molecule has 5 nitrogen and oxygen atoms in total. The lowest BCUT2D eigenvalue weighted by Crippen LogP contribution is -2.49. The fraction of sp³-hybridized carbons (Fsp3) is 0.619. The summed E-state index contributed by atoms with van der Waals surface area (Å²) in [5.41, 5.74) is 0.294. The van der Waals surface area contributed by atoms with E-state index in [1.807, 2.05) is 51.1 Å². The van der Waals surface area contributed by atoms with Gasteiger partial charge in [-0.25, -0.2) is 4.79 Å². The van der Waals surface area contributed by atoms with E-state index in [1.165, 1.54) is 4.90 Å². The van der Waals surface area contributed by atoms with Gasteiger partial charge in [-0.1, -0.05) is 51.1 Å². The molecule has 0 N–H and O–H groups in total. The molecule has 6 heteroatoms. The molecular formula is C21H35NO4Si. The molecule has 0 unspecified atom stereocenters. The standard InChI is InChI=1S/C21H35NO4Si/c1-20(2,3)26-19(24)22(14-17-12-10-9-11-13-17)18(15-23)16-25-27(7,8)21(4,5)6/h9-13,15,18H,14,16H2,1-8H3/t18-/m1/s1. The molecule has 1 amide bonds. The first-order valence-corrected chi connectivity index (χ1v) is 12.3. The fourth-order valence-corrected chi connectivity index (χ4v) is 3.15. The Kier molecular flexibility index (Phi) is 7.81. The molecule has 0 aliphatic carbocycles. The highest BCUT2D eigenvalue weighted by Crippen LogP contribution is 2.36. The molecule has 1 aromatic rings. The summed E-state index contributed by atoms with van der Waals surface area (Å²) in [5, 5.41) is 0.0244. The van der Waals surface area contributed by atoms with Gasteiger partial charge in [0.15, 0.2) is 8.32 Å². The van der Waals surface area contributed by atoms with Crippen molar-refractivity contribution >= 4 is 20.7 Å². The van der Waals surface area contributed by atoms with Crippen molar-refractivity contribution in [3.8, 4) is 0 Å². The summed E-state index contributed by atoms with van der Waals surface area (Å²) in [6, 6.07) is 8.88. The minimum absolute atomic E-state index is 0.0244. The van der Waals surface area contributed by atoms with Crippen molar-refractivity contribution in [1.82, 2.24) is 4.90 Å². The third-order valence-corrected chi connectivity index (χ3v) is 9.30. The van der Waals surface area contributed by atoms with E-state index in [9.17, 15) is 9.59 Å². The van der Waals surface area contributed by atoms with Gasteiger partial charge in [0, 0.05) is 6.54 Å². The fourth-order valence-electron chi connectivity index (χ4n) is 2.13. The van der Waals surface area contributed by atoms with Gasteiger partial charge in [-0.05, 0) is 44.5 Å². The maximum atomic E-state index is 12.8. The number of aldehydes is 1. The molecule has 0 saturated carbocycles. The number of carbonyl (C=O) groups is 2. The van der Waals surface area contributed by atoms with Crippen molar-refractivity contribution in [2.24, 2.45) is 0 Å². The third kappa shape index (κ3) is 7.46. The Morgan fingerprint density at radius 2 is 1.67 bits per heavy atom. The first kappa shape index (κ1) is 23.4. The van der Waals surface area contributed by atoms with Gasteiger partial charge >= 0.3 is 6.09 Å². The van der Waals surface area contributed by atoms with E-state index < -0.39 is 26.1 Å². The molecule has 152 valence electrons. The average molecular weight is 394 g/mol. The largest absolute Gasteiger partial charge is 0.444 e. The van der Waals surface area contributed by atoms with Gasteiger partial charge < -0.3 is 14.0 Å². The average Bonchev–Trinajstić information content (AvgIpc) is 2.52. The van der Waals surface area contributed by atoms with E-state index in [0.717, 1.165) is 11.8 Å². The Morgan fingerprint density at radius 1 is 1.11 bits per heavy atom. The lowest BCUT2D eigenvalue weighted by Gasteiger charge is -2.38. The SMILES string of the molecule is CC(C)(C)OC(=O)N(Cc1ccccc1)[C@H](C=O)CO[Si](C)(C)C(C)(C)C. The van der Waals surface area contributed by atoms with E-state index in [0.29, 0.717) is 6.54 Å². The third-order valence-electron chi connectivity index (χ3n) is 4.80. The molecule has 0 aromatic heterocycles. The Labute approximate surface area is 165 Å². The highest BCUT2D eigenvalue weighted by molar-refractivity contribution is 6.74. The van der Waals surface area contributed by atoms with Crippen molar-refractivity contribution in [3.63, 3.8) is 0 Å². The molecule has 1 aromatic carbocycles. The van der Waals surface area contributed by atoms with Crippen molar-refractivity contribution in [2.45, 2.75) is 77.9 Å². The summed E-state index contributed by atoms with van der Waals surface area (Å²) in [4.78, 5) is 26.1. The van der Waals surface area contributed by atoms with Gasteiger partial charge in [0.2, 0.25) is 0 Å². The van der Waals surface area contributed by atoms with Gasteiger partial charge in [-0.2, -0.15) is 0 Å². The summed E-state index contributed by atoms with van der Waals surface area (Å²) in [6.07, 6.45) is 0.266. The number of carbonyl (C=O) groups excluding carboxylic acids is 2. The van der Waals surface area contributed by atoms with Crippen LogP contribution in [0.4, 0.5) is 4.79 Å². The topological polar surface area (TPSA) is 55.8 Å². The molecule has 1 rings (SSSR count). The number of hydrogen-bond acceptors (Lipinski definition) is 4. The van der Waals surface area contributed by atoms with E-state index in [-0.39, 0.29) is 11.6 Å². The molecule has 27 heavy (non-hydrogen) atoms. The summed E-state index contributed by atoms with van der Waals surface area (Å²) in [6.45, 7) is 16.6. The molecule has 0 fully saturated rings. The van der Waals surface area contributed by atoms with E-state index in [2.05, 4.69) is 33.9 Å². The first-order chi connectivity index (χ1) is 12.3. The Morgan fingerprint density at radius 3 is 2.11 bits per heavy atom. The predicted molar refractivity (Wildman–Crippen MR) is 111 cm³/mol. The van der Waals surface area contributed by atoms with E-state index in [4.69, 9.17) is 9.16 Å². The van der Waals surface area contributed by atoms with Crippen LogP contribution in [0.2, 0.25) is 18.1 Å². The normalized spacial score (nSPS) is 13.8. The summed E-state index contributed by atoms with van der Waals surface area (Å²) in [5.74, 6) is 0. The molecule has 1 atom stereocenters. The van der Waals surface area contributed by atoms with Crippen LogP contribution >= 0.6 is 0 Å². The highest BCUT2D eigenvalue weighted by Gasteiger charge is 2.39. The molecule has 0 aliphatic heterocycles. The summed E-state index contributed by atoms with van der Waals surface area (Å²) in [7, 11) is -2.04. The van der Waals surface area contributed by atoms with Crippen LogP contribution in [-0.2, 0) is 20.5 Å². The number of benzene rings is 1. The van der Waals surface area contributed by atoms with Gasteiger partial charge in [0.25, 0.3) is 0 Å². The number of rotatable bonds is 7. The predicted octanol–water partition coefficient (Wildman–Crippen LogP) is 5.01. The van der Waals surface area contributed by atoms with Gasteiger partial charge in [-0.3, -0.25) is 4.90 Å². The van der Waals surface area contributed by atoms with Crippen molar-refractivity contribution < 1.29 is 18.8 Å². The molecule has 0 heterocycles. The van der Waals surface area contributed by atoms with Crippen LogP contribution in [0.25, 0.3) is 0 Å². The Hall–Kier alpha value is -1.66. The highest BCUT2D eigenvalue weighted by atomic mass is 28.4. The smallest absolute Gasteiger partial charge is 0.411 e. The Balaban J connectivity index is 3.03. The minimum Gasteiger partial charge on any atom is -0.444 e. The van der Waals surface area contributed by atoms with Crippen LogP contribution in [-0.4, -0.2) is 43.8 Å². The molecule has 0 bridgehead atoms. The zero-order valence-corrected chi connectivity index (χ0v) is 19.0. The number of hydrogen-bond donors (Lipinski definition) is 0. The lowest BCUT2D eigenvalue weighted by atomic mass is 10.2. The second-order valence-corrected chi connectivity index (χ2v) is 14.2. The zero-order chi connectivity index (χ0) is 20.9. The second-order valence-electron chi connectivity index (χ2n) is 9.37. The Bertz CT molecular complexity index is 617. The van der Waals surface area contributed by atoms with Crippen LogP contribution in [0.1, 0.15) is 47.1 Å². The molecule has 0 aliphatic rings. The molecule has 0 radical (unpaired) electrons. The van der Waals surface area contributed by atoms with Crippen LogP contribution in [0.5, 0.6) is 0 Å². The van der Waals surface area contributed by atoms with Crippen LogP contribution in [0, 0.1) is 0 Å². The van der Waals surface area contributed by atoms with Crippen molar-refractivity contribution in [2.75, 3.05) is 6.61 Å². The molecular weight excluding hydrogens is 358 g/mol. The first-order valence-electron chi connectivity index (χ1n) is 9.39. The van der Waals surface area contributed by atoms with E-state index in [1.54, 1.807) is 0 Å². The van der Waals surface area contributed by atoms with Crippen LogP contribution in [0.15, 0.2) is 30.3 Å². The van der Waals surface area contributed by atoms with Crippen LogP contribution < -0.4 is 0 Å². The lowest BCUT2D eigenvalue weighted by molar-refractivity contribution is -0.113. The maximum Gasteiger partial charge on any atom is 0.411 e. The molecule has 0 saturated heterocycles. The van der Waals surface area contributed by atoms with Gasteiger partial charge in [0.05, 0.1) is 6.61 Å². The maximum absolute atomic E-state index is 12.8. The van der Waals surface area contributed by atoms with Crippen molar-refractivity contribution in [3.05, 3.63) is 35.9 Å². The molecule has 0 spiro atoms. The monoisotopic (exact) mass is 393 g/mol. The second kappa shape index (κ2) is 9.02. The zero-order valence-electron chi connectivity index (χ0n) is 18.0. The number of amides is 1. The van der Waals surface area contributed by atoms with Crippen LogP contribution in [0.3, 0.4) is 0 Å². The minimum atomic E-state index is -2.04.